The van der Waals surface area contributed by atoms with Gasteiger partial charge in [0.05, 0.1) is 19.7 Å². The van der Waals surface area contributed by atoms with E-state index in [0.29, 0.717) is 6.42 Å². The lowest BCUT2D eigenvalue weighted by molar-refractivity contribution is -0.141. The normalized spacial score (nSPS) is 11.1. The maximum atomic E-state index is 11.8. The van der Waals surface area contributed by atoms with Crippen molar-refractivity contribution in [1.82, 2.24) is 10.6 Å². The molecule has 1 atom stereocenters. The van der Waals surface area contributed by atoms with Gasteiger partial charge in [0, 0.05) is 6.92 Å². The third kappa shape index (κ3) is 8.62. The molecule has 0 saturated heterocycles. The lowest BCUT2D eigenvalue weighted by atomic mass is 10.1. The minimum atomic E-state index is -0.658. The van der Waals surface area contributed by atoms with Crippen molar-refractivity contribution in [1.29, 1.82) is 0 Å². The Labute approximate surface area is 140 Å². The van der Waals surface area contributed by atoms with E-state index in [0.717, 1.165) is 5.56 Å². The second-order valence-corrected chi connectivity index (χ2v) is 4.89. The van der Waals surface area contributed by atoms with Crippen LogP contribution in [-0.4, -0.2) is 51.1 Å². The molecule has 0 radical (unpaired) electrons. The summed E-state index contributed by atoms with van der Waals surface area (Å²) in [5, 5.41) is 5.03. The van der Waals surface area contributed by atoms with Crippen LogP contribution in [0.2, 0.25) is 0 Å². The number of hydrogen-bond acceptors (Lipinski definition) is 6. The lowest BCUT2D eigenvalue weighted by Crippen LogP contribution is -2.41. The van der Waals surface area contributed by atoms with Crippen molar-refractivity contribution in [3.8, 4) is 0 Å². The summed E-state index contributed by atoms with van der Waals surface area (Å²) in [4.78, 5) is 33.6. The molecule has 8 nitrogen and oxygen atoms in total. The summed E-state index contributed by atoms with van der Waals surface area (Å²) < 4.78 is 14.3. The van der Waals surface area contributed by atoms with Crippen LogP contribution in [0.1, 0.15) is 12.5 Å². The van der Waals surface area contributed by atoms with Crippen LogP contribution in [0.3, 0.4) is 0 Å². The fourth-order valence-electron chi connectivity index (χ4n) is 1.85. The number of amides is 2. The zero-order valence-electron chi connectivity index (χ0n) is 13.7. The Kier molecular flexibility index (Phi) is 8.73. The van der Waals surface area contributed by atoms with E-state index in [1.165, 1.54) is 14.0 Å². The summed E-state index contributed by atoms with van der Waals surface area (Å²) >= 11 is 0. The molecule has 0 spiro atoms. The number of esters is 1. The highest BCUT2D eigenvalue weighted by Gasteiger charge is 2.15. The van der Waals surface area contributed by atoms with Crippen molar-refractivity contribution in [2.75, 3.05) is 26.9 Å². The van der Waals surface area contributed by atoms with Gasteiger partial charge in [-0.25, -0.2) is 9.59 Å². The minimum absolute atomic E-state index is 0.00739. The van der Waals surface area contributed by atoms with Crippen LogP contribution in [0.5, 0.6) is 0 Å². The Morgan fingerprint density at radius 3 is 2.42 bits per heavy atom. The first-order valence-electron chi connectivity index (χ1n) is 7.43. The van der Waals surface area contributed by atoms with E-state index in [-0.39, 0.29) is 19.8 Å². The van der Waals surface area contributed by atoms with E-state index in [1.54, 1.807) is 0 Å². The molecular formula is C16H22N2O6. The van der Waals surface area contributed by atoms with Gasteiger partial charge in [-0.2, -0.15) is 0 Å². The third-order valence-electron chi connectivity index (χ3n) is 2.92. The van der Waals surface area contributed by atoms with Gasteiger partial charge in [0.2, 0.25) is 0 Å². The van der Waals surface area contributed by atoms with Crippen LogP contribution >= 0.6 is 0 Å². The molecule has 8 heteroatoms. The molecule has 2 amide bonds. The summed E-state index contributed by atoms with van der Waals surface area (Å²) in [5.74, 6) is -0.425. The van der Waals surface area contributed by atoms with Gasteiger partial charge >= 0.3 is 18.2 Å². The van der Waals surface area contributed by atoms with Gasteiger partial charge in [-0.1, -0.05) is 30.3 Å². The first-order valence-corrected chi connectivity index (χ1v) is 7.43. The summed E-state index contributed by atoms with van der Waals surface area (Å²) in [7, 11) is 1.24. The first kappa shape index (κ1) is 19.3. The first-order chi connectivity index (χ1) is 11.5. The number of carbonyl (C=O) groups is 3. The van der Waals surface area contributed by atoms with E-state index in [4.69, 9.17) is 9.47 Å². The van der Waals surface area contributed by atoms with Gasteiger partial charge in [-0.05, 0) is 12.0 Å². The summed E-state index contributed by atoms with van der Waals surface area (Å²) in [6, 6.07) is 9.06. The van der Waals surface area contributed by atoms with Crippen molar-refractivity contribution in [3.63, 3.8) is 0 Å². The molecule has 0 heterocycles. The Morgan fingerprint density at radius 2 is 1.79 bits per heavy atom. The third-order valence-corrected chi connectivity index (χ3v) is 2.92. The summed E-state index contributed by atoms with van der Waals surface area (Å²) in [5.41, 5.74) is 0.988. The molecule has 1 rings (SSSR count). The summed E-state index contributed by atoms with van der Waals surface area (Å²) in [6.45, 7) is 1.47. The highest BCUT2D eigenvalue weighted by molar-refractivity contribution is 5.68. The van der Waals surface area contributed by atoms with Crippen molar-refractivity contribution in [3.05, 3.63) is 35.9 Å². The topological polar surface area (TPSA) is 103 Å². The highest BCUT2D eigenvalue weighted by Crippen LogP contribution is 2.04. The monoisotopic (exact) mass is 338 g/mol. The maximum absolute atomic E-state index is 11.8. The zero-order valence-corrected chi connectivity index (χ0v) is 13.7. The number of nitrogens with one attached hydrogen (secondary N) is 2. The Bertz CT molecular complexity index is 535. The second kappa shape index (κ2) is 10.9. The SMILES string of the molecule is COC(=O)NCCOC(=O)N[C@@H](COC(C)=O)Cc1ccccc1. The standard InChI is InChI=1S/C16H22N2O6/c1-12(19)24-11-14(10-13-6-4-3-5-7-13)18-16(21)23-9-8-17-15(20)22-2/h3-7,14H,8-11H2,1-2H3,(H,17,20)(H,18,21)/t14-/m1/s1. The van der Waals surface area contributed by atoms with Crippen LogP contribution in [0.4, 0.5) is 9.59 Å². The maximum Gasteiger partial charge on any atom is 0.407 e. The highest BCUT2D eigenvalue weighted by atomic mass is 16.6. The average molecular weight is 338 g/mol. The molecule has 0 fully saturated rings. The second-order valence-electron chi connectivity index (χ2n) is 4.89. The number of carbonyl (C=O) groups excluding carboxylic acids is 3. The Balaban J connectivity index is 2.43. The predicted molar refractivity (Wildman–Crippen MR) is 85.5 cm³/mol. The molecule has 0 saturated carbocycles. The van der Waals surface area contributed by atoms with E-state index < -0.39 is 24.2 Å². The van der Waals surface area contributed by atoms with Gasteiger partial charge in [-0.3, -0.25) is 4.79 Å². The molecule has 0 aliphatic carbocycles. The van der Waals surface area contributed by atoms with Gasteiger partial charge in [0.15, 0.2) is 0 Å². The van der Waals surface area contributed by atoms with Gasteiger partial charge in [0.1, 0.15) is 13.2 Å². The van der Waals surface area contributed by atoms with Crippen LogP contribution < -0.4 is 10.6 Å². The van der Waals surface area contributed by atoms with Gasteiger partial charge in [0.25, 0.3) is 0 Å². The van der Waals surface area contributed by atoms with Crippen molar-refractivity contribution >= 4 is 18.2 Å². The number of benzene rings is 1. The van der Waals surface area contributed by atoms with Crippen LogP contribution in [0, 0.1) is 0 Å². The number of methoxy groups -OCH3 is 1. The number of hydrogen-bond donors (Lipinski definition) is 2. The van der Waals surface area contributed by atoms with Crippen LogP contribution in [-0.2, 0) is 25.4 Å². The Hall–Kier alpha value is -2.77. The molecule has 0 aromatic heterocycles. The molecule has 2 N–H and O–H groups in total. The van der Waals surface area contributed by atoms with E-state index in [1.807, 2.05) is 30.3 Å². The molecule has 132 valence electrons. The molecule has 0 unspecified atom stereocenters. The molecular weight excluding hydrogens is 316 g/mol. The van der Waals surface area contributed by atoms with Gasteiger partial charge < -0.3 is 24.8 Å². The average Bonchev–Trinajstić information content (AvgIpc) is 2.57. The number of alkyl carbamates (subject to hydrolysis) is 2. The fraction of sp³-hybridized carbons (Fsp3) is 0.438. The molecule has 24 heavy (non-hydrogen) atoms. The van der Waals surface area contributed by atoms with Crippen LogP contribution in [0.25, 0.3) is 0 Å². The molecule has 0 bridgehead atoms. The molecule has 1 aromatic carbocycles. The predicted octanol–water partition coefficient (Wildman–Crippen LogP) is 1.24. The molecule has 0 aliphatic heterocycles. The van der Waals surface area contributed by atoms with E-state index >= 15 is 0 Å². The largest absolute Gasteiger partial charge is 0.464 e. The van der Waals surface area contributed by atoms with Gasteiger partial charge in [-0.15, -0.1) is 0 Å². The minimum Gasteiger partial charge on any atom is -0.464 e. The van der Waals surface area contributed by atoms with Crippen molar-refractivity contribution in [2.45, 2.75) is 19.4 Å². The van der Waals surface area contributed by atoms with Crippen molar-refractivity contribution in [2.24, 2.45) is 0 Å². The number of rotatable bonds is 8. The molecule has 0 aliphatic rings. The fourth-order valence-corrected chi connectivity index (χ4v) is 1.85. The van der Waals surface area contributed by atoms with Crippen molar-refractivity contribution < 1.29 is 28.6 Å². The molecule has 1 aromatic rings. The quantitative estimate of drug-likeness (QED) is 0.420. The zero-order chi connectivity index (χ0) is 17.8. The lowest BCUT2D eigenvalue weighted by Gasteiger charge is -2.18. The smallest absolute Gasteiger partial charge is 0.407 e. The summed E-state index contributed by atoms with van der Waals surface area (Å²) in [6.07, 6.45) is -0.769. The van der Waals surface area contributed by atoms with E-state index in [9.17, 15) is 14.4 Å². The number of ether oxygens (including phenoxy) is 3. The van der Waals surface area contributed by atoms with Crippen LogP contribution in [0.15, 0.2) is 30.3 Å². The van der Waals surface area contributed by atoms with E-state index in [2.05, 4.69) is 15.4 Å². The Morgan fingerprint density at radius 1 is 1.08 bits per heavy atom.